The van der Waals surface area contributed by atoms with Gasteiger partial charge in [0.1, 0.15) is 5.75 Å². The number of carbonyl (C=O) groups is 2. The Morgan fingerprint density at radius 2 is 2.21 bits per heavy atom. The summed E-state index contributed by atoms with van der Waals surface area (Å²) >= 11 is 3.39. The molecular formula is C16H23BrClN3O3. The van der Waals surface area contributed by atoms with E-state index >= 15 is 0 Å². The number of hydrogen-bond acceptors (Lipinski definition) is 4. The van der Waals surface area contributed by atoms with E-state index in [0.29, 0.717) is 37.5 Å². The fourth-order valence-electron chi connectivity index (χ4n) is 2.70. The monoisotopic (exact) mass is 419 g/mol. The van der Waals surface area contributed by atoms with Crippen molar-refractivity contribution in [2.45, 2.75) is 12.8 Å². The predicted molar refractivity (Wildman–Crippen MR) is 98.6 cm³/mol. The Kier molecular flexibility index (Phi) is 8.52. The standard InChI is InChI=1S/C16H22BrN3O3.ClH/c1-23-14-5-4-11(9-13(14)17)16(22)20-8-2-3-12(10-20)15(21)19-7-6-18;/h4-5,9,12H,2-3,6-8,10,18H2,1H3,(H,19,21);1H. The summed E-state index contributed by atoms with van der Waals surface area (Å²) < 4.78 is 5.91. The van der Waals surface area contributed by atoms with Gasteiger partial charge in [-0.3, -0.25) is 9.59 Å². The minimum absolute atomic E-state index is 0. The molecule has 1 aliphatic heterocycles. The van der Waals surface area contributed by atoms with Gasteiger partial charge < -0.3 is 20.7 Å². The molecule has 1 heterocycles. The van der Waals surface area contributed by atoms with Crippen LogP contribution in [0.5, 0.6) is 5.75 Å². The molecule has 1 aromatic rings. The van der Waals surface area contributed by atoms with Gasteiger partial charge in [-0.2, -0.15) is 0 Å². The van der Waals surface area contributed by atoms with Crippen LogP contribution in [0.3, 0.4) is 0 Å². The molecule has 3 N–H and O–H groups in total. The van der Waals surface area contributed by atoms with E-state index in [0.717, 1.165) is 17.3 Å². The smallest absolute Gasteiger partial charge is 0.253 e. The Balaban J connectivity index is 0.00000288. The summed E-state index contributed by atoms with van der Waals surface area (Å²) in [6, 6.07) is 5.25. The number of nitrogens with two attached hydrogens (primary N) is 1. The van der Waals surface area contributed by atoms with E-state index in [4.69, 9.17) is 10.5 Å². The molecular weight excluding hydrogens is 398 g/mol. The number of nitrogens with zero attached hydrogens (tertiary/aromatic N) is 1. The van der Waals surface area contributed by atoms with E-state index in [1.54, 1.807) is 30.2 Å². The molecule has 0 spiro atoms. The van der Waals surface area contributed by atoms with E-state index in [1.807, 2.05) is 0 Å². The molecule has 8 heteroatoms. The highest BCUT2D eigenvalue weighted by Crippen LogP contribution is 2.27. The maximum atomic E-state index is 12.6. The van der Waals surface area contributed by atoms with Gasteiger partial charge in [0.15, 0.2) is 0 Å². The third-order valence-corrected chi connectivity index (χ3v) is 4.54. The van der Waals surface area contributed by atoms with Gasteiger partial charge in [-0.1, -0.05) is 0 Å². The summed E-state index contributed by atoms with van der Waals surface area (Å²) in [5.74, 6) is 0.425. The summed E-state index contributed by atoms with van der Waals surface area (Å²) in [5.41, 5.74) is 5.99. The molecule has 1 fully saturated rings. The number of nitrogens with one attached hydrogen (secondary N) is 1. The van der Waals surface area contributed by atoms with Gasteiger partial charge in [0.2, 0.25) is 5.91 Å². The zero-order valence-corrected chi connectivity index (χ0v) is 16.0. The summed E-state index contributed by atoms with van der Waals surface area (Å²) in [5, 5.41) is 2.80. The number of carbonyl (C=O) groups excluding carboxylic acids is 2. The maximum Gasteiger partial charge on any atom is 0.253 e. The van der Waals surface area contributed by atoms with Crippen molar-refractivity contribution in [3.8, 4) is 5.75 Å². The normalized spacial score (nSPS) is 17.0. The van der Waals surface area contributed by atoms with Gasteiger partial charge >= 0.3 is 0 Å². The number of methoxy groups -OCH3 is 1. The van der Waals surface area contributed by atoms with Gasteiger partial charge in [0.05, 0.1) is 17.5 Å². The molecule has 1 aliphatic rings. The van der Waals surface area contributed by atoms with Crippen molar-refractivity contribution in [3.05, 3.63) is 28.2 Å². The number of piperidine rings is 1. The van der Waals surface area contributed by atoms with Gasteiger partial charge in [0, 0.05) is 31.7 Å². The largest absolute Gasteiger partial charge is 0.496 e. The van der Waals surface area contributed by atoms with Crippen molar-refractivity contribution >= 4 is 40.2 Å². The highest BCUT2D eigenvalue weighted by atomic mass is 79.9. The molecule has 6 nitrogen and oxygen atoms in total. The van der Waals surface area contributed by atoms with E-state index in [-0.39, 0.29) is 30.1 Å². The number of ether oxygens (including phenoxy) is 1. The lowest BCUT2D eigenvalue weighted by atomic mass is 9.96. The molecule has 0 bridgehead atoms. The van der Waals surface area contributed by atoms with Gasteiger partial charge in [-0.05, 0) is 47.0 Å². The fraction of sp³-hybridized carbons (Fsp3) is 0.500. The van der Waals surface area contributed by atoms with E-state index in [9.17, 15) is 9.59 Å². The minimum Gasteiger partial charge on any atom is -0.496 e. The molecule has 24 heavy (non-hydrogen) atoms. The first-order chi connectivity index (χ1) is 11.1. The Morgan fingerprint density at radius 1 is 1.46 bits per heavy atom. The van der Waals surface area contributed by atoms with Gasteiger partial charge in [0.25, 0.3) is 5.91 Å². The molecule has 2 rings (SSSR count). The first-order valence-electron chi connectivity index (χ1n) is 7.67. The van der Waals surface area contributed by atoms with Crippen molar-refractivity contribution in [1.82, 2.24) is 10.2 Å². The van der Waals surface area contributed by atoms with Gasteiger partial charge in [-0.15, -0.1) is 12.4 Å². The van der Waals surface area contributed by atoms with Crippen LogP contribution >= 0.6 is 28.3 Å². The molecule has 0 aliphatic carbocycles. The van der Waals surface area contributed by atoms with Crippen LogP contribution in [-0.2, 0) is 4.79 Å². The average molecular weight is 421 g/mol. The number of hydrogen-bond donors (Lipinski definition) is 2. The maximum absolute atomic E-state index is 12.6. The molecule has 0 aromatic heterocycles. The first kappa shape index (κ1) is 20.7. The topological polar surface area (TPSA) is 84.7 Å². The summed E-state index contributed by atoms with van der Waals surface area (Å²) in [7, 11) is 1.58. The average Bonchev–Trinajstić information content (AvgIpc) is 2.59. The highest BCUT2D eigenvalue weighted by molar-refractivity contribution is 9.10. The van der Waals surface area contributed by atoms with Crippen molar-refractivity contribution in [2.24, 2.45) is 11.7 Å². The lowest BCUT2D eigenvalue weighted by Crippen LogP contribution is -2.46. The third-order valence-electron chi connectivity index (χ3n) is 3.92. The van der Waals surface area contributed by atoms with Crippen LogP contribution in [0.4, 0.5) is 0 Å². The molecule has 1 aromatic carbocycles. The number of amides is 2. The van der Waals surface area contributed by atoms with Crippen LogP contribution in [0.25, 0.3) is 0 Å². The SMILES string of the molecule is COc1ccc(C(=O)N2CCCC(C(=O)NCCN)C2)cc1Br.Cl. The number of benzene rings is 1. The second-order valence-corrected chi connectivity index (χ2v) is 6.37. The second-order valence-electron chi connectivity index (χ2n) is 5.52. The lowest BCUT2D eigenvalue weighted by Gasteiger charge is -2.32. The number of halogens is 2. The molecule has 1 saturated heterocycles. The van der Waals surface area contributed by atoms with Crippen molar-refractivity contribution in [3.63, 3.8) is 0 Å². The Morgan fingerprint density at radius 3 is 2.83 bits per heavy atom. The fourth-order valence-corrected chi connectivity index (χ4v) is 3.24. The molecule has 134 valence electrons. The molecule has 2 amide bonds. The Labute approximate surface area is 156 Å². The Bertz CT molecular complexity index is 586. The van der Waals surface area contributed by atoms with Gasteiger partial charge in [-0.25, -0.2) is 0 Å². The summed E-state index contributed by atoms with van der Waals surface area (Å²) in [6.45, 7) is 2.00. The summed E-state index contributed by atoms with van der Waals surface area (Å²) in [6.07, 6.45) is 1.62. The molecule has 0 radical (unpaired) electrons. The van der Waals surface area contributed by atoms with Crippen LogP contribution in [-0.4, -0.2) is 50.0 Å². The number of rotatable bonds is 5. The zero-order chi connectivity index (χ0) is 16.8. The van der Waals surface area contributed by atoms with Crippen LogP contribution in [0.1, 0.15) is 23.2 Å². The predicted octanol–water partition coefficient (Wildman–Crippen LogP) is 1.81. The van der Waals surface area contributed by atoms with E-state index < -0.39 is 0 Å². The minimum atomic E-state index is -0.166. The molecule has 1 atom stereocenters. The van der Waals surface area contributed by atoms with Crippen LogP contribution in [0.2, 0.25) is 0 Å². The van der Waals surface area contributed by atoms with E-state index in [2.05, 4.69) is 21.2 Å². The number of likely N-dealkylation sites (tertiary alicyclic amines) is 1. The second kappa shape index (κ2) is 9.86. The van der Waals surface area contributed by atoms with E-state index in [1.165, 1.54) is 0 Å². The first-order valence-corrected chi connectivity index (χ1v) is 8.46. The zero-order valence-electron chi connectivity index (χ0n) is 13.6. The molecule has 1 unspecified atom stereocenters. The lowest BCUT2D eigenvalue weighted by molar-refractivity contribution is -0.126. The Hall–Kier alpha value is -1.31. The van der Waals surface area contributed by atoms with Crippen molar-refractivity contribution in [2.75, 3.05) is 33.3 Å². The molecule has 0 saturated carbocycles. The highest BCUT2D eigenvalue weighted by Gasteiger charge is 2.28. The van der Waals surface area contributed by atoms with Crippen molar-refractivity contribution < 1.29 is 14.3 Å². The van der Waals surface area contributed by atoms with Crippen LogP contribution in [0.15, 0.2) is 22.7 Å². The third kappa shape index (κ3) is 5.09. The van der Waals surface area contributed by atoms with Crippen molar-refractivity contribution in [1.29, 1.82) is 0 Å². The van der Waals surface area contributed by atoms with Crippen LogP contribution in [0, 0.1) is 5.92 Å². The summed E-state index contributed by atoms with van der Waals surface area (Å²) in [4.78, 5) is 26.5. The van der Waals surface area contributed by atoms with Crippen LogP contribution < -0.4 is 15.8 Å². The quantitative estimate of drug-likeness (QED) is 0.761.